The minimum absolute atomic E-state index is 0.0167. The highest BCUT2D eigenvalue weighted by molar-refractivity contribution is 6.31. The second-order valence-corrected chi connectivity index (χ2v) is 8.48. The zero-order valence-corrected chi connectivity index (χ0v) is 18.5. The number of halogens is 1. The lowest BCUT2D eigenvalue weighted by Gasteiger charge is -2.18. The predicted molar refractivity (Wildman–Crippen MR) is 122 cm³/mol. The standard InChI is InChI=1S/C24H30ClN3O2/c1-17(2)19-7-5-18(6-8-19)11-12-26-23(29)16-27-22-15-20(25)9-10-21(22)24(30)28-13-3-4-14-28/h5-10,15,17,27H,3-4,11-14,16H2,1-2H3,(H,26,29). The van der Waals surface area contributed by atoms with E-state index >= 15 is 0 Å². The summed E-state index contributed by atoms with van der Waals surface area (Å²) in [6.45, 7) is 6.56. The van der Waals surface area contributed by atoms with E-state index in [1.54, 1.807) is 18.2 Å². The molecule has 1 aliphatic heterocycles. The molecule has 0 saturated carbocycles. The number of hydrogen-bond donors (Lipinski definition) is 2. The number of amides is 2. The first-order valence-electron chi connectivity index (χ1n) is 10.6. The van der Waals surface area contributed by atoms with Crippen molar-refractivity contribution in [3.63, 3.8) is 0 Å². The van der Waals surface area contributed by atoms with Crippen LogP contribution in [0.3, 0.4) is 0 Å². The Morgan fingerprint density at radius 3 is 2.43 bits per heavy atom. The maximum Gasteiger partial charge on any atom is 0.255 e. The molecule has 2 aromatic rings. The van der Waals surface area contributed by atoms with E-state index in [2.05, 4.69) is 48.7 Å². The monoisotopic (exact) mass is 427 g/mol. The zero-order valence-electron chi connectivity index (χ0n) is 17.7. The Morgan fingerprint density at radius 2 is 1.77 bits per heavy atom. The van der Waals surface area contributed by atoms with E-state index in [0.717, 1.165) is 32.4 Å². The number of nitrogens with zero attached hydrogens (tertiary/aromatic N) is 1. The second-order valence-electron chi connectivity index (χ2n) is 8.04. The Kier molecular flexibility index (Phi) is 7.75. The van der Waals surface area contributed by atoms with Crippen LogP contribution >= 0.6 is 11.6 Å². The van der Waals surface area contributed by atoms with Crippen LogP contribution in [0.4, 0.5) is 5.69 Å². The van der Waals surface area contributed by atoms with E-state index in [-0.39, 0.29) is 18.4 Å². The molecule has 160 valence electrons. The van der Waals surface area contributed by atoms with E-state index in [0.29, 0.717) is 28.7 Å². The summed E-state index contributed by atoms with van der Waals surface area (Å²) in [7, 11) is 0. The molecule has 1 saturated heterocycles. The van der Waals surface area contributed by atoms with Gasteiger partial charge in [-0.05, 0) is 54.5 Å². The van der Waals surface area contributed by atoms with Crippen LogP contribution in [0, 0.1) is 0 Å². The number of carbonyl (C=O) groups is 2. The maximum absolute atomic E-state index is 12.8. The molecule has 1 aliphatic rings. The Bertz CT molecular complexity index is 875. The van der Waals surface area contributed by atoms with E-state index < -0.39 is 0 Å². The third-order valence-electron chi connectivity index (χ3n) is 5.43. The lowest BCUT2D eigenvalue weighted by molar-refractivity contribution is -0.119. The highest BCUT2D eigenvalue weighted by Gasteiger charge is 2.22. The second kappa shape index (κ2) is 10.5. The van der Waals surface area contributed by atoms with Crippen molar-refractivity contribution in [1.82, 2.24) is 10.2 Å². The van der Waals surface area contributed by atoms with Crippen LogP contribution in [0.25, 0.3) is 0 Å². The molecule has 30 heavy (non-hydrogen) atoms. The topological polar surface area (TPSA) is 61.4 Å². The molecule has 5 nitrogen and oxygen atoms in total. The number of nitrogens with one attached hydrogen (secondary N) is 2. The third kappa shape index (κ3) is 5.99. The number of hydrogen-bond acceptors (Lipinski definition) is 3. The Labute approximate surface area is 183 Å². The average Bonchev–Trinajstić information content (AvgIpc) is 3.27. The van der Waals surface area contributed by atoms with Gasteiger partial charge in [0, 0.05) is 30.3 Å². The molecule has 0 spiro atoms. The third-order valence-corrected chi connectivity index (χ3v) is 5.66. The molecule has 2 N–H and O–H groups in total. The number of rotatable bonds is 8. The van der Waals surface area contributed by atoms with Crippen molar-refractivity contribution in [2.24, 2.45) is 0 Å². The van der Waals surface area contributed by atoms with Crippen molar-refractivity contribution < 1.29 is 9.59 Å². The van der Waals surface area contributed by atoms with Crippen LogP contribution in [0.15, 0.2) is 42.5 Å². The first kappa shape index (κ1) is 22.2. The fraction of sp³-hybridized carbons (Fsp3) is 0.417. The summed E-state index contributed by atoms with van der Waals surface area (Å²) < 4.78 is 0. The van der Waals surface area contributed by atoms with E-state index in [1.807, 2.05) is 4.90 Å². The van der Waals surface area contributed by atoms with Crippen molar-refractivity contribution in [3.8, 4) is 0 Å². The summed E-state index contributed by atoms with van der Waals surface area (Å²) in [6, 6.07) is 13.6. The summed E-state index contributed by atoms with van der Waals surface area (Å²) in [5.41, 5.74) is 3.66. The first-order valence-corrected chi connectivity index (χ1v) is 11.0. The van der Waals surface area contributed by atoms with Crippen LogP contribution in [0.1, 0.15) is 54.1 Å². The quantitative estimate of drug-likeness (QED) is 0.653. The van der Waals surface area contributed by atoms with Gasteiger partial charge in [-0.1, -0.05) is 49.7 Å². The van der Waals surface area contributed by atoms with Crippen LogP contribution in [0.2, 0.25) is 5.02 Å². The molecule has 0 aliphatic carbocycles. The van der Waals surface area contributed by atoms with Gasteiger partial charge >= 0.3 is 0 Å². The van der Waals surface area contributed by atoms with Crippen LogP contribution in [-0.4, -0.2) is 42.9 Å². The highest BCUT2D eigenvalue weighted by Crippen LogP contribution is 2.24. The molecule has 1 fully saturated rings. The summed E-state index contributed by atoms with van der Waals surface area (Å²) in [5.74, 6) is 0.379. The summed E-state index contributed by atoms with van der Waals surface area (Å²) in [5, 5.41) is 6.54. The zero-order chi connectivity index (χ0) is 21.5. The average molecular weight is 428 g/mol. The van der Waals surface area contributed by atoms with Crippen molar-refractivity contribution in [2.75, 3.05) is 31.5 Å². The van der Waals surface area contributed by atoms with E-state index in [1.165, 1.54) is 11.1 Å². The van der Waals surface area contributed by atoms with Gasteiger partial charge in [-0.25, -0.2) is 0 Å². The van der Waals surface area contributed by atoms with Crippen molar-refractivity contribution in [3.05, 3.63) is 64.2 Å². The number of anilines is 1. The number of benzene rings is 2. The lowest BCUT2D eigenvalue weighted by atomic mass is 10.0. The van der Waals surface area contributed by atoms with Gasteiger partial charge in [0.1, 0.15) is 0 Å². The van der Waals surface area contributed by atoms with Gasteiger partial charge < -0.3 is 15.5 Å². The van der Waals surface area contributed by atoms with Gasteiger partial charge in [0.25, 0.3) is 5.91 Å². The van der Waals surface area contributed by atoms with Crippen molar-refractivity contribution in [2.45, 2.75) is 39.0 Å². The normalized spacial score (nSPS) is 13.5. The predicted octanol–water partition coefficient (Wildman–Crippen LogP) is 4.47. The Hall–Kier alpha value is -2.53. The molecule has 6 heteroatoms. The Morgan fingerprint density at radius 1 is 1.07 bits per heavy atom. The molecule has 0 unspecified atom stereocenters. The minimum Gasteiger partial charge on any atom is -0.375 e. The molecular formula is C24H30ClN3O2. The lowest BCUT2D eigenvalue weighted by Crippen LogP contribution is -2.32. The maximum atomic E-state index is 12.8. The SMILES string of the molecule is CC(C)c1ccc(CCNC(=O)CNc2cc(Cl)ccc2C(=O)N2CCCC2)cc1. The molecule has 2 aromatic carbocycles. The van der Waals surface area contributed by atoms with Crippen LogP contribution in [0.5, 0.6) is 0 Å². The van der Waals surface area contributed by atoms with Crippen molar-refractivity contribution >= 4 is 29.1 Å². The fourth-order valence-corrected chi connectivity index (χ4v) is 3.77. The molecule has 0 atom stereocenters. The smallest absolute Gasteiger partial charge is 0.255 e. The van der Waals surface area contributed by atoms with Gasteiger partial charge in [0.15, 0.2) is 0 Å². The van der Waals surface area contributed by atoms with Gasteiger partial charge in [-0.15, -0.1) is 0 Å². The molecular weight excluding hydrogens is 398 g/mol. The van der Waals surface area contributed by atoms with Gasteiger partial charge in [0.05, 0.1) is 12.1 Å². The van der Waals surface area contributed by atoms with E-state index in [9.17, 15) is 9.59 Å². The molecule has 3 rings (SSSR count). The number of carbonyl (C=O) groups excluding carboxylic acids is 2. The number of likely N-dealkylation sites (tertiary alicyclic amines) is 1. The molecule has 0 bridgehead atoms. The first-order chi connectivity index (χ1) is 14.4. The van der Waals surface area contributed by atoms with Gasteiger partial charge in [-0.3, -0.25) is 9.59 Å². The Balaban J connectivity index is 1.50. The largest absolute Gasteiger partial charge is 0.375 e. The molecule has 2 amide bonds. The highest BCUT2D eigenvalue weighted by atomic mass is 35.5. The molecule has 0 aromatic heterocycles. The van der Waals surface area contributed by atoms with Gasteiger partial charge in [0.2, 0.25) is 5.91 Å². The van der Waals surface area contributed by atoms with Crippen molar-refractivity contribution in [1.29, 1.82) is 0 Å². The van der Waals surface area contributed by atoms with Gasteiger partial charge in [-0.2, -0.15) is 0 Å². The summed E-state index contributed by atoms with van der Waals surface area (Å²) in [4.78, 5) is 26.9. The van der Waals surface area contributed by atoms with Crippen LogP contribution in [-0.2, 0) is 11.2 Å². The van der Waals surface area contributed by atoms with E-state index in [4.69, 9.17) is 11.6 Å². The molecule has 0 radical (unpaired) electrons. The van der Waals surface area contributed by atoms with Crippen LogP contribution < -0.4 is 10.6 Å². The summed E-state index contributed by atoms with van der Waals surface area (Å²) >= 11 is 6.11. The summed E-state index contributed by atoms with van der Waals surface area (Å²) in [6.07, 6.45) is 2.84. The molecule has 1 heterocycles. The minimum atomic E-state index is -0.117. The fourth-order valence-electron chi connectivity index (χ4n) is 3.59.